The Bertz CT molecular complexity index is 537. The van der Waals surface area contributed by atoms with E-state index in [0.717, 1.165) is 12.8 Å². The number of hydrogen-bond acceptors (Lipinski definition) is 5. The minimum Gasteiger partial charge on any atom is -0.372 e. The van der Waals surface area contributed by atoms with Crippen molar-refractivity contribution >= 4 is 9.84 Å². The molecule has 1 N–H and O–H groups in total. The van der Waals surface area contributed by atoms with Crippen LogP contribution in [-0.2, 0) is 16.3 Å². The Labute approximate surface area is 99.6 Å². The van der Waals surface area contributed by atoms with E-state index in [-0.39, 0.29) is 5.75 Å². The van der Waals surface area contributed by atoms with Gasteiger partial charge in [0.2, 0.25) is 0 Å². The predicted molar refractivity (Wildman–Crippen MR) is 60.0 cm³/mol. The molecule has 17 heavy (non-hydrogen) atoms. The zero-order chi connectivity index (χ0) is 12.0. The molecule has 3 heterocycles. The lowest BCUT2D eigenvalue weighted by Gasteiger charge is -2.17. The second-order valence-electron chi connectivity index (χ2n) is 4.70. The first-order chi connectivity index (χ1) is 8.08. The zero-order valence-corrected chi connectivity index (χ0v) is 10.2. The first kappa shape index (κ1) is 11.2. The van der Waals surface area contributed by atoms with Gasteiger partial charge in [-0.25, -0.2) is 18.1 Å². The molecule has 0 aromatic carbocycles. The van der Waals surface area contributed by atoms with Crippen LogP contribution in [0.25, 0.3) is 0 Å². The molecular weight excluding hydrogens is 242 g/mol. The van der Waals surface area contributed by atoms with Crippen molar-refractivity contribution in [3.05, 3.63) is 11.6 Å². The summed E-state index contributed by atoms with van der Waals surface area (Å²) in [5.74, 6) is 1.31. The van der Waals surface area contributed by atoms with Gasteiger partial charge in [-0.15, -0.1) is 0 Å². The molecule has 1 aromatic rings. The molecule has 7 heteroatoms. The summed E-state index contributed by atoms with van der Waals surface area (Å²) in [7, 11) is -3.08. The van der Waals surface area contributed by atoms with Gasteiger partial charge in [0.15, 0.2) is 15.7 Å². The van der Waals surface area contributed by atoms with Gasteiger partial charge in [0.1, 0.15) is 17.3 Å². The lowest BCUT2D eigenvalue weighted by Crippen LogP contribution is -2.18. The lowest BCUT2D eigenvalue weighted by molar-refractivity contribution is 0.0643. The summed E-state index contributed by atoms with van der Waals surface area (Å²) >= 11 is 0. The number of nitrogens with zero attached hydrogens (tertiary/aromatic N) is 3. The fraction of sp³-hybridized carbons (Fsp3) is 0.800. The molecule has 0 bridgehead atoms. The molecule has 0 amide bonds. The average molecular weight is 257 g/mol. The highest BCUT2D eigenvalue weighted by atomic mass is 32.2. The molecule has 0 radical (unpaired) electrons. The van der Waals surface area contributed by atoms with Crippen LogP contribution in [0.2, 0.25) is 0 Å². The zero-order valence-electron chi connectivity index (χ0n) is 9.41. The van der Waals surface area contributed by atoms with Crippen LogP contribution in [0.3, 0.4) is 0 Å². The second-order valence-corrected chi connectivity index (χ2v) is 7.00. The van der Waals surface area contributed by atoms with Crippen molar-refractivity contribution < 1.29 is 13.5 Å². The van der Waals surface area contributed by atoms with Crippen molar-refractivity contribution in [1.82, 2.24) is 14.8 Å². The number of rotatable bonds is 1. The fourth-order valence-corrected chi connectivity index (χ4v) is 4.37. The molecule has 0 aliphatic carbocycles. The van der Waals surface area contributed by atoms with Gasteiger partial charge in [0.05, 0.1) is 5.75 Å². The Balaban J connectivity index is 2.00. The Morgan fingerprint density at radius 2 is 2.12 bits per heavy atom. The molecule has 1 saturated heterocycles. The first-order valence-electron chi connectivity index (χ1n) is 5.93. The van der Waals surface area contributed by atoms with Crippen molar-refractivity contribution in [2.45, 2.75) is 43.6 Å². The minimum absolute atomic E-state index is 0.226. The molecule has 2 atom stereocenters. The summed E-state index contributed by atoms with van der Waals surface area (Å²) in [4.78, 5) is 4.29. The van der Waals surface area contributed by atoms with Gasteiger partial charge in [-0.1, -0.05) is 0 Å². The molecule has 3 rings (SSSR count). The molecule has 1 fully saturated rings. The molecule has 2 aliphatic rings. The summed E-state index contributed by atoms with van der Waals surface area (Å²) in [6.07, 6.45) is 2.92. The molecule has 94 valence electrons. The van der Waals surface area contributed by atoms with Crippen molar-refractivity contribution in [1.29, 1.82) is 0 Å². The summed E-state index contributed by atoms with van der Waals surface area (Å²) in [5, 5.41) is 13.4. The van der Waals surface area contributed by atoms with E-state index in [4.69, 9.17) is 0 Å². The minimum atomic E-state index is -3.08. The van der Waals surface area contributed by atoms with Crippen LogP contribution < -0.4 is 0 Å². The standard InChI is InChI=1S/C10H15N3O3S/c14-9-5-1-4-8-11-10(12-13(8)9)7-3-2-6-17(7,15)16/h7,9,14H,1-6H2. The maximum atomic E-state index is 11.8. The molecule has 0 saturated carbocycles. The number of fused-ring (bicyclic) bond motifs is 1. The van der Waals surface area contributed by atoms with Gasteiger partial charge < -0.3 is 5.11 Å². The fourth-order valence-electron chi connectivity index (χ4n) is 2.57. The lowest BCUT2D eigenvalue weighted by atomic mass is 10.1. The molecule has 2 unspecified atom stereocenters. The number of aromatic nitrogens is 3. The quantitative estimate of drug-likeness (QED) is 0.785. The average Bonchev–Trinajstić information content (AvgIpc) is 2.81. The Morgan fingerprint density at radius 1 is 1.29 bits per heavy atom. The third kappa shape index (κ3) is 1.77. The molecular formula is C10H15N3O3S. The second kappa shape index (κ2) is 3.78. The number of aliphatic hydroxyl groups excluding tert-OH is 1. The van der Waals surface area contributed by atoms with E-state index in [2.05, 4.69) is 10.1 Å². The maximum absolute atomic E-state index is 11.8. The van der Waals surface area contributed by atoms with Crippen LogP contribution in [0.5, 0.6) is 0 Å². The van der Waals surface area contributed by atoms with Gasteiger partial charge in [-0.05, 0) is 25.7 Å². The number of aliphatic hydroxyl groups is 1. The Morgan fingerprint density at radius 3 is 2.76 bits per heavy atom. The third-order valence-electron chi connectivity index (χ3n) is 3.48. The van der Waals surface area contributed by atoms with Crippen molar-refractivity contribution in [3.8, 4) is 0 Å². The number of aryl methyl sites for hydroxylation is 1. The van der Waals surface area contributed by atoms with Gasteiger partial charge in [-0.3, -0.25) is 0 Å². The van der Waals surface area contributed by atoms with E-state index in [1.807, 2.05) is 0 Å². The maximum Gasteiger partial charge on any atom is 0.169 e. The van der Waals surface area contributed by atoms with Crippen molar-refractivity contribution in [2.75, 3.05) is 5.75 Å². The monoisotopic (exact) mass is 257 g/mol. The smallest absolute Gasteiger partial charge is 0.169 e. The topological polar surface area (TPSA) is 85.1 Å². The highest BCUT2D eigenvalue weighted by Crippen LogP contribution is 2.34. The Kier molecular flexibility index (Phi) is 2.48. The van der Waals surface area contributed by atoms with Crippen LogP contribution in [0, 0.1) is 0 Å². The van der Waals surface area contributed by atoms with Crippen LogP contribution in [0.4, 0.5) is 0 Å². The van der Waals surface area contributed by atoms with Crippen LogP contribution in [0.1, 0.15) is 48.8 Å². The van der Waals surface area contributed by atoms with E-state index in [1.165, 1.54) is 4.68 Å². The molecule has 6 nitrogen and oxygen atoms in total. The van der Waals surface area contributed by atoms with Crippen LogP contribution in [0.15, 0.2) is 0 Å². The Hall–Kier alpha value is -0.950. The van der Waals surface area contributed by atoms with Crippen molar-refractivity contribution in [2.24, 2.45) is 0 Å². The van der Waals surface area contributed by atoms with Gasteiger partial charge in [-0.2, -0.15) is 5.10 Å². The van der Waals surface area contributed by atoms with E-state index in [9.17, 15) is 13.5 Å². The summed E-state index contributed by atoms with van der Waals surface area (Å²) in [6, 6.07) is 0. The van der Waals surface area contributed by atoms with E-state index in [1.54, 1.807) is 0 Å². The van der Waals surface area contributed by atoms with Crippen LogP contribution in [-0.4, -0.2) is 34.0 Å². The van der Waals surface area contributed by atoms with E-state index < -0.39 is 21.3 Å². The molecule has 0 spiro atoms. The van der Waals surface area contributed by atoms with Gasteiger partial charge >= 0.3 is 0 Å². The van der Waals surface area contributed by atoms with E-state index >= 15 is 0 Å². The highest BCUT2D eigenvalue weighted by molar-refractivity contribution is 7.91. The SMILES string of the molecule is O=S1(=O)CCCC1c1nc2n(n1)C(O)CCC2. The van der Waals surface area contributed by atoms with Gasteiger partial charge in [0.25, 0.3) is 0 Å². The highest BCUT2D eigenvalue weighted by Gasteiger charge is 2.37. The normalized spacial score (nSPS) is 31.4. The van der Waals surface area contributed by atoms with E-state index in [0.29, 0.717) is 30.9 Å². The van der Waals surface area contributed by atoms with Gasteiger partial charge in [0, 0.05) is 6.42 Å². The largest absolute Gasteiger partial charge is 0.372 e. The molecule has 2 aliphatic heterocycles. The third-order valence-corrected chi connectivity index (χ3v) is 5.65. The first-order valence-corrected chi connectivity index (χ1v) is 7.64. The predicted octanol–water partition coefficient (Wildman–Crippen LogP) is 0.355. The summed E-state index contributed by atoms with van der Waals surface area (Å²) in [6.45, 7) is 0. The summed E-state index contributed by atoms with van der Waals surface area (Å²) in [5.41, 5.74) is 0. The summed E-state index contributed by atoms with van der Waals surface area (Å²) < 4.78 is 25.1. The number of sulfone groups is 1. The van der Waals surface area contributed by atoms with Crippen LogP contribution >= 0.6 is 0 Å². The van der Waals surface area contributed by atoms with Crippen molar-refractivity contribution in [3.63, 3.8) is 0 Å². The number of hydrogen-bond donors (Lipinski definition) is 1. The molecule has 1 aromatic heterocycles.